The van der Waals surface area contributed by atoms with Gasteiger partial charge in [0.25, 0.3) is 0 Å². The quantitative estimate of drug-likeness (QED) is 0.775. The maximum atomic E-state index is 13.3. The minimum Gasteiger partial charge on any atom is -0.460 e. The highest BCUT2D eigenvalue weighted by Crippen LogP contribution is 2.36. The van der Waals surface area contributed by atoms with Crippen LogP contribution in [0.3, 0.4) is 0 Å². The lowest BCUT2D eigenvalue weighted by Crippen LogP contribution is -2.16. The summed E-state index contributed by atoms with van der Waals surface area (Å²) >= 11 is 5.88. The molecule has 0 aromatic heterocycles. The van der Waals surface area contributed by atoms with E-state index in [1.165, 1.54) is 24.3 Å². The van der Waals surface area contributed by atoms with Gasteiger partial charge in [-0.1, -0.05) is 48.0 Å². The van der Waals surface area contributed by atoms with Gasteiger partial charge in [-0.15, -0.1) is 0 Å². The molecule has 0 amide bonds. The van der Waals surface area contributed by atoms with Crippen LogP contribution in [0.4, 0.5) is 4.39 Å². The fraction of sp³-hybridized carbons (Fsp3) is 0.118. The Kier molecular flexibility index (Phi) is 3.91. The Morgan fingerprint density at radius 3 is 2.65 bits per heavy atom. The molecule has 0 bridgehead atoms. The summed E-state index contributed by atoms with van der Waals surface area (Å²) in [5.74, 6) is -3.99. The van der Waals surface area contributed by atoms with E-state index in [0.29, 0.717) is 0 Å². The molecule has 0 spiro atoms. The molecule has 1 heterocycles. The molecule has 26 heavy (non-hydrogen) atoms. The van der Waals surface area contributed by atoms with Gasteiger partial charge < -0.3 is 14.7 Å². The van der Waals surface area contributed by atoms with Gasteiger partial charge >= 0.3 is 10.1 Å². The van der Waals surface area contributed by atoms with Gasteiger partial charge in [0.05, 0.1) is 9.13 Å². The van der Waals surface area contributed by atoms with Crippen molar-refractivity contribution < 1.29 is 30.6 Å². The number of hydrogen-bond donors (Lipinski definition) is 1. The number of Topliss-reactive ketones (excluding diaryl/α,β-unsaturated/α-hetero) is 1. The molecule has 0 saturated heterocycles. The molecule has 0 fully saturated rings. The van der Waals surface area contributed by atoms with E-state index in [2.05, 4.69) is 4.18 Å². The molecular weight excluding hydrogens is 385 g/mol. The Morgan fingerprint density at radius 2 is 2.00 bits per heavy atom. The molecule has 9 heteroatoms. The monoisotopic (exact) mass is 400 g/mol. The summed E-state index contributed by atoms with van der Waals surface area (Å²) in [6.45, 7) is 0. The minimum absolute atomic E-state index is 0.246. The largest absolute Gasteiger partial charge is 0.460 e. The van der Waals surface area contributed by atoms with Crippen molar-refractivity contribution in [2.24, 2.45) is 5.73 Å². The van der Waals surface area contributed by atoms with Crippen molar-refractivity contribution in [2.75, 3.05) is 0 Å². The van der Waals surface area contributed by atoms with E-state index in [0.717, 1.165) is 18.2 Å². The van der Waals surface area contributed by atoms with E-state index in [9.17, 15) is 17.6 Å². The topological polar surface area (TPSA) is 95.7 Å². The first-order valence-electron chi connectivity index (χ1n) is 8.59. The molecule has 0 radical (unpaired) electrons. The number of carbonyl (C=O) groups is 1. The van der Waals surface area contributed by atoms with Crippen LogP contribution in [0.25, 0.3) is 0 Å². The SMILES string of the molecule is [2H]C([2H])(c1ccccc1)S(=O)(=O)OC1=C(N)O[C@]([2H])(c2ccc(F)cc2Cl)C1=O. The standard InChI is InChI=1S/C17H13ClFNO5S/c18-13-8-11(19)6-7-12(13)15-14(21)16(17(20)24-15)25-26(22,23)9-10-4-2-1-3-5-10/h1-8,15H,9,20H2/t15-/m1/s1/i9D2,15D. The van der Waals surface area contributed by atoms with Crippen LogP contribution in [-0.2, 0) is 29.5 Å². The second-order valence-corrected chi connectivity index (χ2v) is 6.77. The number of benzene rings is 2. The van der Waals surface area contributed by atoms with Gasteiger partial charge in [0.15, 0.2) is 6.08 Å². The Morgan fingerprint density at radius 1 is 1.31 bits per heavy atom. The lowest BCUT2D eigenvalue weighted by atomic mass is 10.1. The van der Waals surface area contributed by atoms with Gasteiger partial charge in [-0.25, -0.2) is 4.39 Å². The lowest BCUT2D eigenvalue weighted by Gasteiger charge is -2.11. The highest BCUT2D eigenvalue weighted by Gasteiger charge is 2.40. The molecule has 0 unspecified atom stereocenters. The summed E-state index contributed by atoms with van der Waals surface area (Å²) in [7, 11) is -5.09. The van der Waals surface area contributed by atoms with Crippen LogP contribution in [0.2, 0.25) is 5.02 Å². The summed E-state index contributed by atoms with van der Waals surface area (Å²) in [6, 6.07) is 9.62. The summed E-state index contributed by atoms with van der Waals surface area (Å²) in [5, 5.41) is -0.329. The molecule has 3 rings (SSSR count). The van der Waals surface area contributed by atoms with E-state index in [1.807, 2.05) is 0 Å². The Labute approximate surface area is 158 Å². The number of hydrogen-bond acceptors (Lipinski definition) is 6. The number of rotatable bonds is 5. The Bertz CT molecular complexity index is 1130. The average molecular weight is 401 g/mol. The van der Waals surface area contributed by atoms with Crippen molar-refractivity contribution in [2.45, 2.75) is 11.8 Å². The van der Waals surface area contributed by atoms with Gasteiger partial charge in [-0.2, -0.15) is 8.42 Å². The van der Waals surface area contributed by atoms with Crippen LogP contribution in [0.15, 0.2) is 60.2 Å². The first kappa shape index (κ1) is 14.6. The first-order valence-corrected chi connectivity index (χ1v) is 8.87. The van der Waals surface area contributed by atoms with E-state index < -0.39 is 45.1 Å². The second kappa shape index (κ2) is 6.97. The molecular formula is C17H13ClFNO5S. The average Bonchev–Trinajstić information content (AvgIpc) is 2.85. The summed E-state index contributed by atoms with van der Waals surface area (Å²) in [4.78, 5) is 12.7. The van der Waals surface area contributed by atoms with E-state index in [-0.39, 0.29) is 16.1 Å². The predicted octanol–water partition coefficient (Wildman–Crippen LogP) is 2.79. The fourth-order valence-electron chi connectivity index (χ4n) is 2.13. The molecule has 136 valence electrons. The van der Waals surface area contributed by atoms with Crippen molar-refractivity contribution in [1.29, 1.82) is 0 Å². The number of nitrogens with two attached hydrogens (primary N) is 1. The maximum Gasteiger partial charge on any atom is 0.313 e. The maximum absolute atomic E-state index is 13.3. The van der Waals surface area contributed by atoms with E-state index in [4.69, 9.17) is 26.2 Å². The molecule has 1 atom stereocenters. The van der Waals surface area contributed by atoms with Crippen molar-refractivity contribution >= 4 is 27.5 Å². The normalized spacial score (nSPS) is 22.4. The third-order valence-electron chi connectivity index (χ3n) is 3.23. The lowest BCUT2D eigenvalue weighted by molar-refractivity contribution is -0.123. The Hall–Kier alpha value is -2.58. The summed E-state index contributed by atoms with van der Waals surface area (Å²) < 4.78 is 72.1. The van der Waals surface area contributed by atoms with Crippen molar-refractivity contribution in [3.05, 3.63) is 82.1 Å². The fourth-order valence-corrected chi connectivity index (χ4v) is 3.23. The van der Waals surface area contributed by atoms with Gasteiger partial charge in [0, 0.05) is 5.56 Å². The number of halogens is 2. The molecule has 1 aliphatic rings. The molecule has 6 nitrogen and oxygen atoms in total. The molecule has 2 aromatic rings. The zero-order chi connectivity index (χ0) is 21.6. The van der Waals surface area contributed by atoms with Crippen molar-refractivity contribution in [3.8, 4) is 0 Å². The summed E-state index contributed by atoms with van der Waals surface area (Å²) in [6.07, 6.45) is -2.63. The third kappa shape index (κ3) is 3.81. The van der Waals surface area contributed by atoms with Crippen LogP contribution < -0.4 is 5.73 Å². The molecule has 2 N–H and O–H groups in total. The van der Waals surface area contributed by atoms with Crippen LogP contribution in [0.5, 0.6) is 0 Å². The zero-order valence-electron chi connectivity index (χ0n) is 15.9. The van der Waals surface area contributed by atoms with Gasteiger partial charge in [-0.3, -0.25) is 4.79 Å². The van der Waals surface area contributed by atoms with Gasteiger partial charge in [0.2, 0.25) is 17.4 Å². The molecule has 2 aromatic carbocycles. The first-order chi connectivity index (χ1) is 13.4. The van der Waals surface area contributed by atoms with E-state index in [1.54, 1.807) is 6.07 Å². The second-order valence-electron chi connectivity index (χ2n) is 5.08. The van der Waals surface area contributed by atoms with Crippen LogP contribution in [-0.4, -0.2) is 14.2 Å². The van der Waals surface area contributed by atoms with Crippen LogP contribution in [0, 0.1) is 5.82 Å². The smallest absolute Gasteiger partial charge is 0.313 e. The van der Waals surface area contributed by atoms with Crippen molar-refractivity contribution in [3.63, 3.8) is 0 Å². The zero-order valence-corrected chi connectivity index (χ0v) is 14.5. The van der Waals surface area contributed by atoms with Crippen molar-refractivity contribution in [1.82, 2.24) is 0 Å². The number of ether oxygens (including phenoxy) is 1. The third-order valence-corrected chi connectivity index (χ3v) is 4.42. The number of carbonyl (C=O) groups excluding carboxylic acids is 1. The van der Waals surface area contributed by atoms with Crippen LogP contribution >= 0.6 is 11.6 Å². The van der Waals surface area contributed by atoms with Gasteiger partial charge in [-0.05, 0) is 17.7 Å². The molecule has 0 aliphatic carbocycles. The number of ketones is 1. The van der Waals surface area contributed by atoms with Crippen LogP contribution in [0.1, 0.15) is 21.3 Å². The highest BCUT2D eigenvalue weighted by atomic mass is 35.5. The molecule has 1 aliphatic heterocycles. The van der Waals surface area contributed by atoms with Gasteiger partial charge in [0.1, 0.15) is 11.5 Å². The predicted molar refractivity (Wildman–Crippen MR) is 91.6 cm³/mol. The van der Waals surface area contributed by atoms with E-state index >= 15 is 0 Å². The highest BCUT2D eigenvalue weighted by molar-refractivity contribution is 7.86. The molecule has 0 saturated carbocycles. The minimum atomic E-state index is -5.09. The Balaban J connectivity index is 1.96. The summed E-state index contributed by atoms with van der Waals surface area (Å²) in [5.41, 5.74) is 1.96.